The van der Waals surface area contributed by atoms with Crippen LogP contribution in [0.2, 0.25) is 0 Å². The molecule has 0 saturated heterocycles. The van der Waals surface area contributed by atoms with Crippen molar-refractivity contribution in [3.05, 3.63) is 53.9 Å². The Morgan fingerprint density at radius 3 is 2.10 bits per heavy atom. The number of aryl methyl sites for hydroxylation is 2. The van der Waals surface area contributed by atoms with Gasteiger partial charge in [0.1, 0.15) is 0 Å². The van der Waals surface area contributed by atoms with Crippen molar-refractivity contribution in [2.75, 3.05) is 6.61 Å². The highest BCUT2D eigenvalue weighted by atomic mass is 16.5. The Morgan fingerprint density at radius 2 is 1.80 bits per heavy atom. The number of nitrogens with zero attached hydrogens (tertiary/aromatic N) is 1. The second kappa shape index (κ2) is 13.5. The van der Waals surface area contributed by atoms with Crippen LogP contribution in [-0.2, 0) is 4.74 Å². The summed E-state index contributed by atoms with van der Waals surface area (Å²) < 4.78 is 4.92. The van der Waals surface area contributed by atoms with Crippen LogP contribution in [0.3, 0.4) is 0 Å². The number of carbonyl (C=O) groups excluding carboxylic acids is 1. The van der Waals surface area contributed by atoms with Crippen LogP contribution in [-0.4, -0.2) is 17.6 Å². The van der Waals surface area contributed by atoms with Crippen LogP contribution in [0, 0.1) is 13.8 Å². The fraction of sp³-hybridized carbons (Fsp3) is 0.412. The standard InChI is InChI=1S/C10H13NO2.C5H8.C2H6/c1-4-13-10(12)9-7(2)5-11-6-8(9)3;1-3-5-4-2;1-2/h5-6H,4H2,1-3H3;3-5H,1H2,2H3;1-2H3/b;5-4-;. The van der Waals surface area contributed by atoms with Crippen LogP contribution in [0.4, 0.5) is 0 Å². The fourth-order valence-corrected chi connectivity index (χ4v) is 1.36. The fourth-order valence-electron chi connectivity index (χ4n) is 1.36. The monoisotopic (exact) mass is 277 g/mol. The van der Waals surface area contributed by atoms with Gasteiger partial charge in [0.05, 0.1) is 12.2 Å². The van der Waals surface area contributed by atoms with Crippen LogP contribution in [0.25, 0.3) is 0 Å². The van der Waals surface area contributed by atoms with Gasteiger partial charge in [-0.1, -0.05) is 38.7 Å². The average molecular weight is 277 g/mol. The highest BCUT2D eigenvalue weighted by molar-refractivity contribution is 5.92. The zero-order valence-corrected chi connectivity index (χ0v) is 13.6. The molecule has 1 aromatic rings. The van der Waals surface area contributed by atoms with Gasteiger partial charge in [-0.25, -0.2) is 4.79 Å². The summed E-state index contributed by atoms with van der Waals surface area (Å²) in [5.74, 6) is -0.264. The molecule has 0 amide bonds. The number of hydrogen-bond donors (Lipinski definition) is 0. The van der Waals surface area contributed by atoms with Crippen molar-refractivity contribution >= 4 is 5.97 Å². The van der Waals surface area contributed by atoms with Crippen molar-refractivity contribution in [3.63, 3.8) is 0 Å². The molecule has 0 bridgehead atoms. The Morgan fingerprint density at radius 1 is 1.30 bits per heavy atom. The molecule has 0 aromatic carbocycles. The van der Waals surface area contributed by atoms with Gasteiger partial charge in [-0.2, -0.15) is 0 Å². The number of ether oxygens (including phenoxy) is 1. The summed E-state index contributed by atoms with van der Waals surface area (Å²) in [5, 5.41) is 0. The van der Waals surface area contributed by atoms with Gasteiger partial charge in [0, 0.05) is 12.4 Å². The summed E-state index contributed by atoms with van der Waals surface area (Å²) in [5.41, 5.74) is 2.36. The van der Waals surface area contributed by atoms with Gasteiger partial charge in [0.2, 0.25) is 0 Å². The summed E-state index contributed by atoms with van der Waals surface area (Å²) in [6.45, 7) is 15.3. The number of esters is 1. The molecule has 0 aliphatic carbocycles. The predicted octanol–water partition coefficient (Wildman–Crippen LogP) is 4.65. The van der Waals surface area contributed by atoms with Crippen molar-refractivity contribution in [2.24, 2.45) is 0 Å². The first-order valence-electron chi connectivity index (χ1n) is 6.90. The molecule has 1 heterocycles. The molecule has 3 nitrogen and oxygen atoms in total. The molecule has 0 spiro atoms. The molecule has 1 aromatic heterocycles. The number of carbonyl (C=O) groups is 1. The first kappa shape index (κ1) is 20.4. The summed E-state index contributed by atoms with van der Waals surface area (Å²) in [6.07, 6.45) is 8.91. The summed E-state index contributed by atoms with van der Waals surface area (Å²) in [4.78, 5) is 15.4. The molecule has 112 valence electrons. The van der Waals surface area contributed by atoms with Gasteiger partial charge >= 0.3 is 5.97 Å². The minimum Gasteiger partial charge on any atom is -0.462 e. The third-order valence-electron chi connectivity index (χ3n) is 2.13. The minimum absolute atomic E-state index is 0.264. The Labute approximate surface area is 123 Å². The Bertz CT molecular complexity index is 403. The first-order chi connectivity index (χ1) is 9.58. The van der Waals surface area contributed by atoms with E-state index < -0.39 is 0 Å². The Hall–Kier alpha value is -1.90. The number of hydrogen-bond acceptors (Lipinski definition) is 3. The van der Waals surface area contributed by atoms with Gasteiger partial charge in [-0.3, -0.25) is 4.98 Å². The zero-order chi connectivity index (χ0) is 16.0. The van der Waals surface area contributed by atoms with Crippen LogP contribution >= 0.6 is 0 Å². The molecule has 0 unspecified atom stereocenters. The van der Waals surface area contributed by atoms with E-state index in [0.29, 0.717) is 12.2 Å². The van der Waals surface area contributed by atoms with E-state index in [-0.39, 0.29) is 5.97 Å². The van der Waals surface area contributed by atoms with Gasteiger partial charge in [-0.05, 0) is 38.8 Å². The van der Waals surface area contributed by atoms with Crippen LogP contribution < -0.4 is 0 Å². The number of pyridine rings is 1. The molecule has 3 heteroatoms. The van der Waals surface area contributed by atoms with E-state index in [4.69, 9.17) is 4.74 Å². The van der Waals surface area contributed by atoms with Crippen LogP contribution in [0.15, 0.2) is 37.2 Å². The normalized spacial score (nSPS) is 8.90. The molecular formula is C17H27NO2. The highest BCUT2D eigenvalue weighted by Gasteiger charge is 2.12. The van der Waals surface area contributed by atoms with E-state index in [2.05, 4.69) is 11.6 Å². The maximum atomic E-state index is 11.4. The zero-order valence-electron chi connectivity index (χ0n) is 13.6. The second-order valence-electron chi connectivity index (χ2n) is 3.63. The lowest BCUT2D eigenvalue weighted by molar-refractivity contribution is 0.0524. The van der Waals surface area contributed by atoms with Crippen LogP contribution in [0.5, 0.6) is 0 Å². The maximum absolute atomic E-state index is 11.4. The average Bonchev–Trinajstić information content (AvgIpc) is 2.43. The Kier molecular flexibility index (Phi) is 13.8. The van der Waals surface area contributed by atoms with E-state index in [1.54, 1.807) is 25.4 Å². The van der Waals surface area contributed by atoms with Gasteiger partial charge in [0.25, 0.3) is 0 Å². The van der Waals surface area contributed by atoms with E-state index in [9.17, 15) is 4.79 Å². The summed E-state index contributed by atoms with van der Waals surface area (Å²) >= 11 is 0. The quantitative estimate of drug-likeness (QED) is 0.596. The lowest BCUT2D eigenvalue weighted by Gasteiger charge is -2.07. The number of allylic oxidation sites excluding steroid dienone is 3. The number of rotatable bonds is 3. The highest BCUT2D eigenvalue weighted by Crippen LogP contribution is 2.12. The lowest BCUT2D eigenvalue weighted by Crippen LogP contribution is -2.09. The first-order valence-corrected chi connectivity index (χ1v) is 6.90. The largest absolute Gasteiger partial charge is 0.462 e. The third kappa shape index (κ3) is 8.25. The molecule has 0 aliphatic heterocycles. The molecule has 20 heavy (non-hydrogen) atoms. The van der Waals surface area contributed by atoms with Crippen molar-refractivity contribution in [3.8, 4) is 0 Å². The van der Waals surface area contributed by atoms with Crippen molar-refractivity contribution in [1.82, 2.24) is 4.98 Å². The molecule has 0 radical (unpaired) electrons. The maximum Gasteiger partial charge on any atom is 0.338 e. The SMILES string of the molecule is C=C/C=C\C.CC.CCOC(=O)c1c(C)cncc1C. The molecule has 0 fully saturated rings. The molecule has 0 N–H and O–H groups in total. The molecule has 1 rings (SSSR count). The van der Waals surface area contributed by atoms with E-state index in [0.717, 1.165) is 11.1 Å². The second-order valence-corrected chi connectivity index (χ2v) is 3.63. The third-order valence-corrected chi connectivity index (χ3v) is 2.13. The van der Waals surface area contributed by atoms with E-state index in [1.165, 1.54) is 0 Å². The van der Waals surface area contributed by atoms with Crippen molar-refractivity contribution in [1.29, 1.82) is 0 Å². The van der Waals surface area contributed by atoms with Gasteiger partial charge < -0.3 is 4.74 Å². The van der Waals surface area contributed by atoms with Crippen molar-refractivity contribution < 1.29 is 9.53 Å². The summed E-state index contributed by atoms with van der Waals surface area (Å²) in [6, 6.07) is 0. The van der Waals surface area contributed by atoms with Gasteiger partial charge in [0.15, 0.2) is 0 Å². The van der Waals surface area contributed by atoms with Crippen LogP contribution in [0.1, 0.15) is 49.2 Å². The predicted molar refractivity (Wildman–Crippen MR) is 86.0 cm³/mol. The molecule has 0 aliphatic rings. The topological polar surface area (TPSA) is 39.2 Å². The van der Waals surface area contributed by atoms with E-state index >= 15 is 0 Å². The van der Waals surface area contributed by atoms with Gasteiger partial charge in [-0.15, -0.1) is 0 Å². The smallest absolute Gasteiger partial charge is 0.338 e. The Balaban J connectivity index is 0. The van der Waals surface area contributed by atoms with Crippen molar-refractivity contribution in [2.45, 2.75) is 41.5 Å². The molecular weight excluding hydrogens is 250 g/mol. The van der Waals surface area contributed by atoms with E-state index in [1.807, 2.05) is 46.8 Å². The molecule has 0 saturated carbocycles. The molecule has 0 atom stereocenters. The minimum atomic E-state index is -0.264. The summed E-state index contributed by atoms with van der Waals surface area (Å²) in [7, 11) is 0. The lowest BCUT2D eigenvalue weighted by atomic mass is 10.1. The number of aromatic nitrogens is 1.